The number of rotatable bonds is 7. The molecule has 1 N–H and O–H groups in total. The number of amides is 1. The largest absolute Gasteiger partial charge is 0.467 e. The van der Waals surface area contributed by atoms with Crippen molar-refractivity contribution in [3.8, 4) is 0 Å². The van der Waals surface area contributed by atoms with E-state index >= 15 is 0 Å². The Morgan fingerprint density at radius 3 is 2.39 bits per heavy atom. The van der Waals surface area contributed by atoms with Crippen LogP contribution in [0.15, 0.2) is 65.7 Å². The highest BCUT2D eigenvalue weighted by Gasteiger charge is 2.31. The first kappa shape index (κ1) is 19.9. The molecule has 0 aliphatic carbocycles. The van der Waals surface area contributed by atoms with E-state index < -0.39 is 12.1 Å². The van der Waals surface area contributed by atoms with Gasteiger partial charge in [0.15, 0.2) is 6.04 Å². The average Bonchev–Trinajstić information content (AvgIpc) is 3.23. The molecule has 1 aliphatic rings. The molecule has 1 heterocycles. The van der Waals surface area contributed by atoms with Gasteiger partial charge in [-0.1, -0.05) is 60.7 Å². The highest BCUT2D eigenvalue weighted by molar-refractivity contribution is 8.14. The maximum absolute atomic E-state index is 12.4. The molecule has 1 aliphatic heterocycles. The summed E-state index contributed by atoms with van der Waals surface area (Å²) < 4.78 is 10.1. The second-order valence-corrected chi connectivity index (χ2v) is 7.31. The maximum Gasteiger partial charge on any atom is 0.408 e. The Morgan fingerprint density at radius 1 is 1.11 bits per heavy atom. The minimum atomic E-state index is -0.537. The molecule has 0 bridgehead atoms. The number of thioether (sulfide) groups is 1. The number of nitrogens with zero attached hydrogens (tertiary/aromatic N) is 1. The van der Waals surface area contributed by atoms with E-state index in [1.165, 1.54) is 18.9 Å². The molecule has 0 spiro atoms. The first-order valence-corrected chi connectivity index (χ1v) is 9.93. The number of ether oxygens (including phenoxy) is 2. The number of aliphatic imine (C=N–C) groups is 1. The fourth-order valence-electron chi connectivity index (χ4n) is 2.80. The van der Waals surface area contributed by atoms with Crippen molar-refractivity contribution in [2.24, 2.45) is 4.99 Å². The minimum absolute atomic E-state index is 0.190. The number of hydrogen-bond acceptors (Lipinski definition) is 6. The fourth-order valence-corrected chi connectivity index (χ4v) is 3.88. The molecule has 7 heteroatoms. The summed E-state index contributed by atoms with van der Waals surface area (Å²) in [5, 5.41) is 3.59. The van der Waals surface area contributed by atoms with Gasteiger partial charge in [0.05, 0.1) is 18.2 Å². The zero-order valence-corrected chi connectivity index (χ0v) is 16.4. The van der Waals surface area contributed by atoms with Crippen LogP contribution in [-0.2, 0) is 27.3 Å². The highest BCUT2D eigenvalue weighted by Crippen LogP contribution is 2.23. The molecule has 0 saturated heterocycles. The predicted octanol–water partition coefficient (Wildman–Crippen LogP) is 3.21. The van der Waals surface area contributed by atoms with Crippen molar-refractivity contribution in [3.63, 3.8) is 0 Å². The number of methoxy groups -OCH3 is 1. The molecule has 0 saturated carbocycles. The van der Waals surface area contributed by atoms with Gasteiger partial charge in [-0.25, -0.2) is 9.59 Å². The third-order valence-electron chi connectivity index (χ3n) is 4.23. The van der Waals surface area contributed by atoms with Crippen LogP contribution in [0.4, 0.5) is 4.79 Å². The highest BCUT2D eigenvalue weighted by atomic mass is 32.2. The summed E-state index contributed by atoms with van der Waals surface area (Å²) in [7, 11) is 1.35. The number of esters is 1. The SMILES string of the molecule is COC(=O)[C@@H]1CSC([C@H](Cc2ccccc2)NC(=O)OCc2ccccc2)=N1. The van der Waals surface area contributed by atoms with E-state index in [9.17, 15) is 9.59 Å². The van der Waals surface area contributed by atoms with Crippen molar-refractivity contribution >= 4 is 28.9 Å². The van der Waals surface area contributed by atoms with Gasteiger partial charge in [0.25, 0.3) is 0 Å². The van der Waals surface area contributed by atoms with E-state index in [0.29, 0.717) is 17.2 Å². The first-order valence-electron chi connectivity index (χ1n) is 8.95. The molecule has 28 heavy (non-hydrogen) atoms. The molecule has 0 unspecified atom stereocenters. The molecular formula is C21H22N2O4S. The van der Waals surface area contributed by atoms with Gasteiger partial charge >= 0.3 is 12.1 Å². The van der Waals surface area contributed by atoms with Crippen molar-refractivity contribution in [1.29, 1.82) is 0 Å². The van der Waals surface area contributed by atoms with E-state index in [1.807, 2.05) is 60.7 Å². The lowest BCUT2D eigenvalue weighted by Gasteiger charge is -2.18. The quantitative estimate of drug-likeness (QED) is 0.725. The normalized spacial score (nSPS) is 16.8. The Hall–Kier alpha value is -2.80. The molecule has 2 aromatic carbocycles. The topological polar surface area (TPSA) is 77.0 Å². The van der Waals surface area contributed by atoms with E-state index in [0.717, 1.165) is 11.1 Å². The summed E-state index contributed by atoms with van der Waals surface area (Å²) in [4.78, 5) is 28.6. The van der Waals surface area contributed by atoms with Crippen LogP contribution < -0.4 is 5.32 Å². The number of alkyl carbamates (subject to hydrolysis) is 1. The van der Waals surface area contributed by atoms with Gasteiger partial charge in [0.2, 0.25) is 0 Å². The summed E-state index contributed by atoms with van der Waals surface area (Å²) in [5.41, 5.74) is 1.97. The molecule has 146 valence electrons. The van der Waals surface area contributed by atoms with Crippen LogP contribution >= 0.6 is 11.8 Å². The number of carbonyl (C=O) groups is 2. The van der Waals surface area contributed by atoms with Gasteiger partial charge in [-0.2, -0.15) is 0 Å². The fraction of sp³-hybridized carbons (Fsp3) is 0.286. The zero-order chi connectivity index (χ0) is 19.8. The maximum atomic E-state index is 12.4. The van der Waals surface area contributed by atoms with Crippen molar-refractivity contribution in [2.75, 3.05) is 12.9 Å². The monoisotopic (exact) mass is 398 g/mol. The predicted molar refractivity (Wildman–Crippen MR) is 109 cm³/mol. The van der Waals surface area contributed by atoms with Crippen LogP contribution in [0.5, 0.6) is 0 Å². The average molecular weight is 398 g/mol. The number of carbonyl (C=O) groups excluding carboxylic acids is 2. The summed E-state index contributed by atoms with van der Waals surface area (Å²) in [6.45, 7) is 0.190. The van der Waals surface area contributed by atoms with Gasteiger partial charge in [-0.3, -0.25) is 4.99 Å². The summed E-state index contributed by atoms with van der Waals surface area (Å²) >= 11 is 1.46. The minimum Gasteiger partial charge on any atom is -0.467 e. The van der Waals surface area contributed by atoms with Gasteiger partial charge in [0.1, 0.15) is 6.61 Å². The second kappa shape index (κ2) is 9.94. The van der Waals surface area contributed by atoms with Crippen LogP contribution in [0.2, 0.25) is 0 Å². The zero-order valence-electron chi connectivity index (χ0n) is 15.5. The molecule has 6 nitrogen and oxygen atoms in total. The van der Waals surface area contributed by atoms with E-state index in [1.54, 1.807) is 0 Å². The Balaban J connectivity index is 1.67. The lowest BCUT2D eigenvalue weighted by molar-refractivity contribution is -0.141. The lowest BCUT2D eigenvalue weighted by Crippen LogP contribution is -2.41. The molecule has 1 amide bonds. The third kappa shape index (κ3) is 5.60. The van der Waals surface area contributed by atoms with Gasteiger partial charge in [-0.05, 0) is 17.5 Å². The summed E-state index contributed by atoms with van der Waals surface area (Å²) in [5.74, 6) is 0.140. The van der Waals surface area contributed by atoms with E-state index in [4.69, 9.17) is 9.47 Å². The molecule has 2 aromatic rings. The smallest absolute Gasteiger partial charge is 0.408 e. The van der Waals surface area contributed by atoms with Crippen LogP contribution in [-0.4, -0.2) is 42.1 Å². The van der Waals surface area contributed by atoms with E-state index in [2.05, 4.69) is 10.3 Å². The van der Waals surface area contributed by atoms with Crippen LogP contribution in [0.1, 0.15) is 11.1 Å². The number of nitrogens with one attached hydrogen (secondary N) is 1. The standard InChI is InChI=1S/C21H22N2O4S/c1-26-20(24)18-14-28-19(22-18)17(12-15-8-4-2-5-9-15)23-21(25)27-13-16-10-6-3-7-11-16/h2-11,17-18H,12-14H2,1H3,(H,23,25)/t17-,18-/m0/s1. The van der Waals surface area contributed by atoms with Crippen molar-refractivity contribution in [3.05, 3.63) is 71.8 Å². The molecule has 0 fully saturated rings. The molecule has 0 aromatic heterocycles. The van der Waals surface area contributed by atoms with E-state index in [-0.39, 0.29) is 18.6 Å². The molecule has 2 atom stereocenters. The van der Waals surface area contributed by atoms with Crippen LogP contribution in [0, 0.1) is 0 Å². The summed E-state index contributed by atoms with van der Waals surface area (Å²) in [6.07, 6.45) is 0.0377. The lowest BCUT2D eigenvalue weighted by atomic mass is 10.1. The van der Waals surface area contributed by atoms with Crippen molar-refractivity contribution < 1.29 is 19.1 Å². The van der Waals surface area contributed by atoms with Crippen molar-refractivity contribution in [1.82, 2.24) is 5.32 Å². The first-order chi connectivity index (χ1) is 13.7. The van der Waals surface area contributed by atoms with Gasteiger partial charge in [0, 0.05) is 5.75 Å². The van der Waals surface area contributed by atoms with Gasteiger partial charge < -0.3 is 14.8 Å². The van der Waals surface area contributed by atoms with Crippen molar-refractivity contribution in [2.45, 2.75) is 25.1 Å². The Bertz CT molecular complexity index is 827. The summed E-state index contributed by atoms with van der Waals surface area (Å²) in [6, 6.07) is 18.4. The number of hydrogen-bond donors (Lipinski definition) is 1. The molecule has 0 radical (unpaired) electrons. The Morgan fingerprint density at radius 2 is 1.75 bits per heavy atom. The third-order valence-corrected chi connectivity index (χ3v) is 5.40. The Kier molecular flexibility index (Phi) is 7.08. The molecule has 3 rings (SSSR count). The second-order valence-electron chi connectivity index (χ2n) is 6.27. The van der Waals surface area contributed by atoms with Gasteiger partial charge in [-0.15, -0.1) is 11.8 Å². The van der Waals surface area contributed by atoms with Crippen LogP contribution in [0.3, 0.4) is 0 Å². The Labute approximate surface area is 168 Å². The van der Waals surface area contributed by atoms with Crippen LogP contribution in [0.25, 0.3) is 0 Å². The number of benzene rings is 2. The molecular weight excluding hydrogens is 376 g/mol.